The average molecular weight is 486 g/mol. The lowest BCUT2D eigenvalue weighted by Gasteiger charge is -2.12. The Hall–Kier alpha value is -4.39. The molecule has 0 aliphatic carbocycles. The maximum Gasteiger partial charge on any atom is 0.244 e. The van der Waals surface area contributed by atoms with Crippen molar-refractivity contribution in [2.24, 2.45) is 0 Å². The molecule has 0 bridgehead atoms. The molecule has 1 aliphatic rings. The highest BCUT2D eigenvalue weighted by molar-refractivity contribution is 6.01. The summed E-state index contributed by atoms with van der Waals surface area (Å²) in [4.78, 5) is 12.8. The number of carbonyl (C=O) groups is 1. The van der Waals surface area contributed by atoms with Crippen LogP contribution in [-0.4, -0.2) is 26.4 Å². The molecule has 1 aromatic heterocycles. The van der Waals surface area contributed by atoms with Crippen LogP contribution in [0.15, 0.2) is 71.4 Å². The van der Waals surface area contributed by atoms with Crippen LogP contribution in [0.5, 0.6) is 23.0 Å². The van der Waals surface area contributed by atoms with Gasteiger partial charge in [-0.05, 0) is 49.2 Å². The van der Waals surface area contributed by atoms with Crippen molar-refractivity contribution in [2.75, 3.05) is 20.5 Å². The van der Waals surface area contributed by atoms with Gasteiger partial charge in [0, 0.05) is 40.8 Å². The molecule has 184 valence electrons. The Morgan fingerprint density at radius 1 is 1.03 bits per heavy atom. The molecule has 0 saturated carbocycles. The third-order valence-electron chi connectivity index (χ3n) is 6.05. The summed E-state index contributed by atoms with van der Waals surface area (Å²) in [5, 5.41) is 3.85. The van der Waals surface area contributed by atoms with Crippen LogP contribution in [0, 0.1) is 0 Å². The average Bonchev–Trinajstić information content (AvgIpc) is 3.53. The van der Waals surface area contributed by atoms with Gasteiger partial charge < -0.3 is 28.7 Å². The van der Waals surface area contributed by atoms with Gasteiger partial charge in [0.1, 0.15) is 17.1 Å². The van der Waals surface area contributed by atoms with Crippen molar-refractivity contribution < 1.29 is 28.2 Å². The lowest BCUT2D eigenvalue weighted by Crippen LogP contribution is -2.20. The van der Waals surface area contributed by atoms with Gasteiger partial charge in [-0.2, -0.15) is 0 Å². The molecular formula is C29H27NO6. The molecular weight excluding hydrogens is 458 g/mol. The summed E-state index contributed by atoms with van der Waals surface area (Å²) in [6.07, 6.45) is 3.30. The number of rotatable bonds is 8. The van der Waals surface area contributed by atoms with Gasteiger partial charge in [0.15, 0.2) is 11.5 Å². The van der Waals surface area contributed by atoms with Gasteiger partial charge in [0.05, 0.1) is 20.0 Å². The number of benzene rings is 3. The van der Waals surface area contributed by atoms with Crippen LogP contribution >= 0.6 is 0 Å². The second-order valence-electron chi connectivity index (χ2n) is 8.36. The highest BCUT2D eigenvalue weighted by Crippen LogP contribution is 2.40. The number of fused-ring (bicyclic) bond motifs is 2. The van der Waals surface area contributed by atoms with E-state index in [1.54, 1.807) is 19.4 Å². The van der Waals surface area contributed by atoms with Crippen molar-refractivity contribution in [1.29, 1.82) is 0 Å². The molecule has 7 heteroatoms. The van der Waals surface area contributed by atoms with Gasteiger partial charge in [-0.15, -0.1) is 0 Å². The van der Waals surface area contributed by atoms with Gasteiger partial charge in [0.25, 0.3) is 0 Å². The van der Waals surface area contributed by atoms with Crippen LogP contribution in [0.25, 0.3) is 27.7 Å². The fourth-order valence-corrected chi connectivity index (χ4v) is 4.28. The van der Waals surface area contributed by atoms with Crippen LogP contribution in [0.2, 0.25) is 0 Å². The minimum atomic E-state index is -0.204. The first kappa shape index (κ1) is 23.4. The highest BCUT2D eigenvalue weighted by atomic mass is 16.7. The third kappa shape index (κ3) is 4.60. The topological polar surface area (TPSA) is 79.2 Å². The van der Waals surface area contributed by atoms with E-state index in [0.29, 0.717) is 36.0 Å². The summed E-state index contributed by atoms with van der Waals surface area (Å²) in [7, 11) is 1.65. The van der Waals surface area contributed by atoms with E-state index in [9.17, 15) is 4.79 Å². The molecule has 4 aromatic rings. The molecule has 3 aromatic carbocycles. The monoisotopic (exact) mass is 485 g/mol. The number of hydrogen-bond acceptors (Lipinski definition) is 6. The molecule has 0 spiro atoms. The van der Waals surface area contributed by atoms with Crippen molar-refractivity contribution in [1.82, 2.24) is 5.32 Å². The number of carbonyl (C=O) groups excluding carboxylic acids is 1. The Bertz CT molecular complexity index is 1450. The Labute approximate surface area is 209 Å². The Morgan fingerprint density at radius 2 is 1.86 bits per heavy atom. The summed E-state index contributed by atoms with van der Waals surface area (Å²) < 4.78 is 28.1. The van der Waals surface area contributed by atoms with E-state index in [2.05, 4.69) is 5.32 Å². The minimum Gasteiger partial charge on any atom is -0.496 e. The summed E-state index contributed by atoms with van der Waals surface area (Å²) in [6, 6.07) is 17.3. The minimum absolute atomic E-state index is 0.204. The molecule has 5 rings (SSSR count). The predicted molar refractivity (Wildman–Crippen MR) is 137 cm³/mol. The largest absolute Gasteiger partial charge is 0.496 e. The zero-order valence-corrected chi connectivity index (χ0v) is 20.4. The molecule has 1 amide bonds. The van der Waals surface area contributed by atoms with E-state index in [-0.39, 0.29) is 12.7 Å². The molecule has 1 aliphatic heterocycles. The lowest BCUT2D eigenvalue weighted by molar-refractivity contribution is -0.116. The summed E-state index contributed by atoms with van der Waals surface area (Å²) in [6.45, 7) is 4.90. The molecule has 0 saturated heterocycles. The number of para-hydroxylation sites is 1. The molecule has 7 nitrogen and oxygen atoms in total. The number of allylic oxidation sites excluding steroid dienone is 1. The Balaban J connectivity index is 1.43. The van der Waals surface area contributed by atoms with Crippen LogP contribution < -0.4 is 24.3 Å². The van der Waals surface area contributed by atoms with Crippen molar-refractivity contribution >= 4 is 22.4 Å². The van der Waals surface area contributed by atoms with Crippen LogP contribution in [0.3, 0.4) is 0 Å². The second-order valence-corrected chi connectivity index (χ2v) is 8.36. The number of methoxy groups -OCH3 is 1. The van der Waals surface area contributed by atoms with Crippen LogP contribution in [0.1, 0.15) is 25.0 Å². The second kappa shape index (κ2) is 10.1. The first-order valence-electron chi connectivity index (χ1n) is 11.7. The van der Waals surface area contributed by atoms with Gasteiger partial charge in [-0.25, -0.2) is 0 Å². The molecule has 2 heterocycles. The van der Waals surface area contributed by atoms with E-state index in [0.717, 1.165) is 39.0 Å². The van der Waals surface area contributed by atoms with Crippen molar-refractivity contribution in [2.45, 2.75) is 20.4 Å². The van der Waals surface area contributed by atoms with E-state index in [1.165, 1.54) is 0 Å². The van der Waals surface area contributed by atoms with Gasteiger partial charge in [0.2, 0.25) is 12.7 Å². The summed E-state index contributed by atoms with van der Waals surface area (Å²) in [5.74, 6) is 2.61. The highest BCUT2D eigenvalue weighted by Gasteiger charge is 2.17. The van der Waals surface area contributed by atoms with Gasteiger partial charge in [-0.1, -0.05) is 24.3 Å². The van der Waals surface area contributed by atoms with Crippen LogP contribution in [-0.2, 0) is 11.3 Å². The zero-order valence-electron chi connectivity index (χ0n) is 20.4. The number of hydrogen-bond donors (Lipinski definition) is 1. The van der Waals surface area contributed by atoms with Gasteiger partial charge in [-0.3, -0.25) is 4.79 Å². The normalized spacial score (nSPS) is 12.6. The van der Waals surface area contributed by atoms with E-state index in [1.807, 2.05) is 68.4 Å². The zero-order chi connectivity index (χ0) is 25.1. The molecule has 0 fully saturated rings. The molecule has 0 atom stereocenters. The van der Waals surface area contributed by atoms with Gasteiger partial charge >= 0.3 is 0 Å². The fourth-order valence-electron chi connectivity index (χ4n) is 4.28. The first-order valence-corrected chi connectivity index (χ1v) is 11.7. The lowest BCUT2D eigenvalue weighted by atomic mass is 9.98. The fraction of sp³-hybridized carbons (Fsp3) is 0.207. The maximum atomic E-state index is 12.8. The third-order valence-corrected chi connectivity index (χ3v) is 6.05. The first-order chi connectivity index (χ1) is 17.6. The number of amides is 1. The van der Waals surface area contributed by atoms with Crippen molar-refractivity contribution in [3.05, 3.63) is 78.1 Å². The SMILES string of the molecule is CCOc1cc2occ(-c3ccccc3OC)c2cc1/C(C)=C/C(=O)NCc1ccc2c(c1)OCO2. The molecule has 1 N–H and O–H groups in total. The van der Waals surface area contributed by atoms with Crippen LogP contribution in [0.4, 0.5) is 0 Å². The number of furan rings is 1. The standard InChI is InChI=1S/C29H27NO6/c1-4-33-26-14-27-22(23(16-34-27)20-7-5-6-8-24(20)32-3)13-21(26)18(2)11-29(31)30-15-19-9-10-25-28(12-19)36-17-35-25/h5-14,16H,4,15,17H2,1-3H3,(H,30,31)/b18-11+. The molecule has 0 unspecified atom stereocenters. The summed E-state index contributed by atoms with van der Waals surface area (Å²) >= 11 is 0. The Morgan fingerprint density at radius 3 is 2.69 bits per heavy atom. The van der Waals surface area contributed by atoms with E-state index in [4.69, 9.17) is 23.4 Å². The van der Waals surface area contributed by atoms with E-state index >= 15 is 0 Å². The number of nitrogens with one attached hydrogen (secondary N) is 1. The van der Waals surface area contributed by atoms with Crippen molar-refractivity contribution in [3.63, 3.8) is 0 Å². The molecule has 0 radical (unpaired) electrons. The number of ether oxygens (including phenoxy) is 4. The molecule has 36 heavy (non-hydrogen) atoms. The maximum absolute atomic E-state index is 12.8. The van der Waals surface area contributed by atoms with Crippen molar-refractivity contribution in [3.8, 4) is 34.1 Å². The predicted octanol–water partition coefficient (Wildman–Crippen LogP) is 5.96. The quantitative estimate of drug-likeness (QED) is 0.311. The van der Waals surface area contributed by atoms with E-state index < -0.39 is 0 Å². The smallest absolute Gasteiger partial charge is 0.244 e. The summed E-state index contributed by atoms with van der Waals surface area (Å²) in [5.41, 5.74) is 5.05. The Kier molecular flexibility index (Phi) is 6.54.